The maximum Gasteiger partial charge on any atom is 0.257 e. The number of aromatic hydroxyl groups is 6. The van der Waals surface area contributed by atoms with E-state index in [4.69, 9.17) is 12.8 Å². The Balaban J connectivity index is 0.000000242. The molecule has 6 atom stereocenters. The summed E-state index contributed by atoms with van der Waals surface area (Å²) in [4.78, 5) is 222. The number of nitrogens with zero attached hydrogens (tertiary/aromatic N) is 6. The summed E-state index contributed by atoms with van der Waals surface area (Å²) in [6.45, 7) is 25.6. The van der Waals surface area contributed by atoms with Crippen LogP contribution in [0.4, 0.5) is 102 Å². The second kappa shape index (κ2) is 51.9. The van der Waals surface area contributed by atoms with Crippen LogP contribution in [0.25, 0.3) is 0 Å². The lowest BCUT2D eigenvalue weighted by molar-refractivity contribution is 0.0817. The van der Waals surface area contributed by atoms with E-state index in [1.165, 1.54) is 102 Å². The fraction of sp³-hybridized carbons (Fsp3) is 0.271. The summed E-state index contributed by atoms with van der Waals surface area (Å²) in [7, 11) is 18.8. The van der Waals surface area contributed by atoms with Crippen LogP contribution in [0.5, 0.6) is 34.5 Å². The van der Waals surface area contributed by atoms with Crippen LogP contribution in [0.1, 0.15) is 136 Å². The number of terminal acetylenes is 2. The van der Waals surface area contributed by atoms with Crippen LogP contribution < -0.4 is 129 Å². The molecule has 0 radical (unpaired) electrons. The standard InChI is InChI=1S/C19H23N3O4.2C18H21N3O4.C18H19N3O4.C17H19N3O4.C17H17N3O4/c1-5-8-11(6-2)20-14-15(18(25)17(14)24)21-13-10-7-9-12(16(13)23)19(26)22(3)4;1-5-7-10(2)19-13-14(17(24)16(13)23)20-12-9-6-8-11(15(12)22)18(25)21(3)4;2*1-5-10(6-2)19-13-14(17(24)16(13)23)20-12-9-7-8-11(15(12)22)18(25)21(3)4;2*1-5-9(2)18-12-13(16(23)15(12)22)19-11-8-6-7-10(14(11)21)17(24)20(3)4/h5,7,9-11,20-21,23H,1,6,8H2,2-4H3;5-6,8-10,19-20,22H,1,7H2,2-4H3;5,7-10,19-20,22H,1,6H2,2-4H3;1,7-10,19-20,22H,6H2,2-4H3;5-9,18-19,21H,1H2,2-4H3;1,6-9,18-19,21H,2-4H3. The number of para-hydroxylation sites is 6. The van der Waals surface area contributed by atoms with Crippen LogP contribution in [-0.4, -0.2) is 216 Å². The minimum Gasteiger partial charge on any atom is -0.505 e. The molecule has 42 nitrogen and oxygen atoms in total. The smallest absolute Gasteiger partial charge is 0.257 e. The molecule has 0 spiro atoms. The molecule has 0 fully saturated rings. The van der Waals surface area contributed by atoms with Gasteiger partial charge in [-0.2, -0.15) is 0 Å². The predicted octanol–water partition coefficient (Wildman–Crippen LogP) is 9.36. The first-order chi connectivity index (χ1) is 70.3. The number of carbonyl (C=O) groups excluding carboxylic acids is 6. The lowest BCUT2D eigenvalue weighted by atomic mass is 10.1. The molecule has 0 aromatic heterocycles. The molecule has 782 valence electrons. The third kappa shape index (κ3) is 27.2. The van der Waals surface area contributed by atoms with E-state index in [0.717, 1.165) is 6.42 Å². The van der Waals surface area contributed by atoms with Gasteiger partial charge in [-0.1, -0.05) is 93.3 Å². The van der Waals surface area contributed by atoms with Crippen molar-refractivity contribution < 1.29 is 59.4 Å². The molecular formula is C107H120N18O24. The summed E-state index contributed by atoms with van der Waals surface area (Å²) in [6.07, 6.45) is 20.6. The highest BCUT2D eigenvalue weighted by Crippen LogP contribution is 2.40. The second-order valence-corrected chi connectivity index (χ2v) is 34.8. The molecular weight excluding hydrogens is 1920 g/mol. The minimum atomic E-state index is -0.717. The predicted molar refractivity (Wildman–Crippen MR) is 585 cm³/mol. The maximum absolute atomic E-state index is 12.1. The fourth-order valence-electron chi connectivity index (χ4n) is 13.8. The van der Waals surface area contributed by atoms with Gasteiger partial charge in [0.1, 0.15) is 68.2 Å². The van der Waals surface area contributed by atoms with Crippen molar-refractivity contribution >= 4 is 138 Å². The highest BCUT2D eigenvalue weighted by Gasteiger charge is 2.33. The molecule has 0 heterocycles. The molecule has 0 saturated heterocycles. The summed E-state index contributed by atoms with van der Waals surface area (Å²) in [6, 6.07) is 26.1. The van der Waals surface area contributed by atoms with Crippen LogP contribution in [0.3, 0.4) is 0 Å². The molecule has 0 aliphatic rings. The normalized spacial score (nSPS) is 11.7. The van der Waals surface area contributed by atoms with E-state index >= 15 is 0 Å². The van der Waals surface area contributed by atoms with E-state index in [9.17, 15) is 117 Å². The lowest BCUT2D eigenvalue weighted by Crippen LogP contribution is -2.38. The second-order valence-electron chi connectivity index (χ2n) is 34.8. The molecule has 42 heteroatoms. The molecule has 0 aliphatic carbocycles. The number of hydrogen-bond acceptors (Lipinski definition) is 36. The van der Waals surface area contributed by atoms with Crippen molar-refractivity contribution in [3.63, 3.8) is 0 Å². The number of carbonyl (C=O) groups is 6. The maximum atomic E-state index is 12.1. The zero-order valence-electron chi connectivity index (χ0n) is 85.4. The number of benzene rings is 6. The third-order valence-electron chi connectivity index (χ3n) is 22.6. The molecule has 6 amide bonds. The van der Waals surface area contributed by atoms with Crippen LogP contribution in [0, 0.1) is 24.7 Å². The van der Waals surface area contributed by atoms with Gasteiger partial charge in [0.15, 0.2) is 34.5 Å². The van der Waals surface area contributed by atoms with Gasteiger partial charge in [0.25, 0.3) is 101 Å². The molecule has 0 bridgehead atoms. The molecule has 12 rings (SSSR count). The quantitative estimate of drug-likeness (QED) is 0.00738. The van der Waals surface area contributed by atoms with Gasteiger partial charge >= 0.3 is 0 Å². The van der Waals surface area contributed by atoms with Gasteiger partial charge in [-0.05, 0) is 126 Å². The molecule has 18 N–H and O–H groups in total. The summed E-state index contributed by atoms with van der Waals surface area (Å²) in [5.41, 5.74) is -5.28. The van der Waals surface area contributed by atoms with Crippen molar-refractivity contribution in [2.24, 2.45) is 0 Å². The van der Waals surface area contributed by atoms with Gasteiger partial charge < -0.3 is 124 Å². The van der Waals surface area contributed by atoms with E-state index in [1.807, 2.05) is 27.7 Å². The van der Waals surface area contributed by atoms with Crippen molar-refractivity contribution in [3.05, 3.63) is 316 Å². The van der Waals surface area contributed by atoms with Gasteiger partial charge in [0, 0.05) is 109 Å². The van der Waals surface area contributed by atoms with Crippen LogP contribution in [-0.2, 0) is 0 Å². The monoisotopic (exact) mass is 2040 g/mol. The number of phenols is 6. The topological polar surface area (TPSA) is 592 Å². The summed E-state index contributed by atoms with van der Waals surface area (Å²) in [5, 5.41) is 95.7. The Bertz CT molecular complexity index is 7630. The van der Waals surface area contributed by atoms with Crippen LogP contribution in [0.15, 0.2) is 217 Å². The van der Waals surface area contributed by atoms with Crippen LogP contribution in [0.2, 0.25) is 0 Å². The molecule has 149 heavy (non-hydrogen) atoms. The fourth-order valence-corrected chi connectivity index (χ4v) is 13.8. The van der Waals surface area contributed by atoms with Crippen LogP contribution >= 0.6 is 0 Å². The van der Waals surface area contributed by atoms with E-state index in [0.29, 0.717) is 25.7 Å². The van der Waals surface area contributed by atoms with Crippen molar-refractivity contribution in [3.8, 4) is 59.2 Å². The number of hydrogen-bond donors (Lipinski definition) is 18. The Morgan fingerprint density at radius 2 is 0.523 bits per heavy atom. The zero-order chi connectivity index (χ0) is 112. The molecule has 0 saturated carbocycles. The SMILES string of the molecule is C#CC(C)Nc1c(Nc2cccc(C(=O)N(C)C)c2O)c(=O)c1=O.C#CC(CC)Nc1c(Nc2cccc(C(=O)N(C)C)c2O)c(=O)c1=O.C=CC(C)Nc1c(Nc2cccc(C(=O)N(C)C)c2O)c(=O)c1=O.C=CC(CC)Nc1c(Nc2cccc(C(=O)N(C)C)c2O)c(=O)c1=O.C=CCC(C)Nc1c(Nc2cccc(C(=O)N(C)C)c2O)c(=O)c1=O.C=CCC(CC)Nc1c(Nc2cccc(C(=O)N(C)C)c2O)c(=O)c1=O. The number of nitrogens with one attached hydrogen (secondary N) is 12. The summed E-state index contributed by atoms with van der Waals surface area (Å²) >= 11 is 0. The Labute approximate surface area is 855 Å². The van der Waals surface area contributed by atoms with E-state index in [1.54, 1.807) is 159 Å². The number of anilines is 18. The average Bonchev–Trinajstić information content (AvgIpc) is 0.778. The number of phenolic OH excluding ortho intramolecular Hbond substituents is 6. The van der Waals surface area contributed by atoms with E-state index in [-0.39, 0.29) is 236 Å². The summed E-state index contributed by atoms with van der Waals surface area (Å²) < 4.78 is 0. The van der Waals surface area contributed by atoms with E-state index < -0.39 is 71.2 Å². The average molecular weight is 2040 g/mol. The van der Waals surface area contributed by atoms with Gasteiger partial charge in [-0.25, -0.2) is 0 Å². The number of rotatable bonds is 39. The first kappa shape index (κ1) is 117. The Kier molecular flexibility index (Phi) is 40.7. The van der Waals surface area contributed by atoms with Crippen molar-refractivity contribution in [2.75, 3.05) is 148 Å². The Morgan fingerprint density at radius 1 is 0.295 bits per heavy atom. The van der Waals surface area contributed by atoms with Gasteiger partial charge in [-0.3, -0.25) is 86.3 Å². The minimum absolute atomic E-state index is 0.00634. The first-order valence-corrected chi connectivity index (χ1v) is 46.1. The van der Waals surface area contributed by atoms with Crippen molar-refractivity contribution in [1.29, 1.82) is 0 Å². The van der Waals surface area contributed by atoms with Crippen molar-refractivity contribution in [1.82, 2.24) is 29.4 Å². The number of amides is 6. The van der Waals surface area contributed by atoms with Crippen molar-refractivity contribution in [2.45, 2.75) is 110 Å². The molecule has 6 unspecified atom stereocenters. The molecule has 0 aliphatic heterocycles. The largest absolute Gasteiger partial charge is 0.505 e. The highest BCUT2D eigenvalue weighted by atomic mass is 16.3. The summed E-state index contributed by atoms with van der Waals surface area (Å²) in [5.74, 6) is 0.888. The Morgan fingerprint density at radius 3 is 0.732 bits per heavy atom. The Hall–Kier alpha value is -18.9. The third-order valence-corrected chi connectivity index (χ3v) is 22.6. The van der Waals surface area contributed by atoms with Gasteiger partial charge in [-0.15, -0.1) is 39.2 Å². The first-order valence-electron chi connectivity index (χ1n) is 46.1. The van der Waals surface area contributed by atoms with Gasteiger partial charge in [0.05, 0.1) is 79.6 Å². The highest BCUT2D eigenvalue weighted by molar-refractivity contribution is 6.04. The van der Waals surface area contributed by atoms with E-state index in [2.05, 4.69) is 102 Å². The van der Waals surface area contributed by atoms with Gasteiger partial charge in [0.2, 0.25) is 0 Å². The zero-order valence-corrected chi connectivity index (χ0v) is 85.4. The lowest BCUT2D eigenvalue weighted by Gasteiger charge is -2.21. The molecule has 12 aromatic rings. The molecule has 12 aromatic carbocycles.